The summed E-state index contributed by atoms with van der Waals surface area (Å²) in [5.74, 6) is -0.813. The molecule has 0 aliphatic carbocycles. The molecule has 2 rings (SSSR count). The molecule has 1 aromatic carbocycles. The molecule has 1 N–H and O–H groups in total. The van der Waals surface area contributed by atoms with E-state index in [9.17, 15) is 13.2 Å². The van der Waals surface area contributed by atoms with Crippen molar-refractivity contribution in [2.24, 2.45) is 0 Å². The smallest absolute Gasteiger partial charge is 0.337 e. The molecule has 1 heterocycles. The molecule has 0 radical (unpaired) electrons. The number of sulfone groups is 1. The van der Waals surface area contributed by atoms with Crippen LogP contribution in [-0.4, -0.2) is 49.3 Å². The van der Waals surface area contributed by atoms with Crippen LogP contribution in [0.5, 0.6) is 0 Å². The highest BCUT2D eigenvalue weighted by atomic mass is 35.5. The number of carbonyl (C=O) groups is 1. The van der Waals surface area contributed by atoms with E-state index in [1.165, 1.54) is 23.9 Å². The first-order valence-corrected chi connectivity index (χ1v) is 10.4. The highest BCUT2D eigenvalue weighted by Crippen LogP contribution is 2.41. The van der Waals surface area contributed by atoms with Crippen LogP contribution in [-0.2, 0) is 25.7 Å². The van der Waals surface area contributed by atoms with Gasteiger partial charge in [-0.05, 0) is 31.5 Å². The number of hydrogen-bond acceptors (Lipinski definition) is 6. The van der Waals surface area contributed by atoms with Gasteiger partial charge in [0.25, 0.3) is 0 Å². The zero-order valence-electron chi connectivity index (χ0n) is 13.3. The second-order valence-electron chi connectivity index (χ2n) is 5.06. The van der Waals surface area contributed by atoms with E-state index in [1.807, 2.05) is 13.8 Å². The van der Waals surface area contributed by atoms with Crippen molar-refractivity contribution in [2.75, 3.05) is 19.0 Å². The molecule has 0 bridgehead atoms. The molecule has 1 unspecified atom stereocenters. The molecular formula is C15H19ClO6S2. The van der Waals surface area contributed by atoms with E-state index < -0.39 is 26.7 Å². The average molecular weight is 395 g/mol. The van der Waals surface area contributed by atoms with Crippen LogP contribution in [0.3, 0.4) is 0 Å². The van der Waals surface area contributed by atoms with Crippen molar-refractivity contribution in [2.45, 2.75) is 36.0 Å². The van der Waals surface area contributed by atoms with Gasteiger partial charge in [0.2, 0.25) is 0 Å². The zero-order chi connectivity index (χ0) is 17.9. The normalized spacial score (nSPS) is 18.8. The molecule has 1 atom stereocenters. The minimum Gasteiger partial charge on any atom is -0.478 e. The molecule has 6 nitrogen and oxygen atoms in total. The minimum atomic E-state index is -3.56. The average Bonchev–Trinajstić information content (AvgIpc) is 2.77. The van der Waals surface area contributed by atoms with Crippen molar-refractivity contribution < 1.29 is 27.8 Å². The number of carboxylic acids is 1. The summed E-state index contributed by atoms with van der Waals surface area (Å²) in [6, 6.07) is 2.56. The number of thioether (sulfide) groups is 1. The van der Waals surface area contributed by atoms with Gasteiger partial charge in [-0.25, -0.2) is 13.2 Å². The number of halogens is 1. The Bertz CT molecular complexity index is 713. The number of ether oxygens (including phenoxy) is 2. The summed E-state index contributed by atoms with van der Waals surface area (Å²) >= 11 is 7.31. The van der Waals surface area contributed by atoms with Gasteiger partial charge in [-0.1, -0.05) is 11.6 Å². The lowest BCUT2D eigenvalue weighted by molar-refractivity contribution is -0.120. The Morgan fingerprint density at radius 1 is 1.38 bits per heavy atom. The summed E-state index contributed by atoms with van der Waals surface area (Å²) in [7, 11) is -3.56. The fourth-order valence-electron chi connectivity index (χ4n) is 2.49. The molecule has 9 heteroatoms. The predicted octanol–water partition coefficient (Wildman–Crippen LogP) is 2.83. The van der Waals surface area contributed by atoms with E-state index in [1.54, 1.807) is 0 Å². The third-order valence-corrected chi connectivity index (χ3v) is 8.03. The highest BCUT2D eigenvalue weighted by Gasteiger charge is 2.40. The molecule has 24 heavy (non-hydrogen) atoms. The molecule has 134 valence electrons. The Morgan fingerprint density at radius 3 is 2.54 bits per heavy atom. The maximum Gasteiger partial charge on any atom is 0.337 e. The zero-order valence-corrected chi connectivity index (χ0v) is 15.7. The van der Waals surface area contributed by atoms with E-state index in [4.69, 9.17) is 26.2 Å². The summed E-state index contributed by atoms with van der Waals surface area (Å²) in [5, 5.41) is 9.11. The third-order valence-electron chi connectivity index (χ3n) is 3.58. The molecule has 1 aliphatic heterocycles. The maximum atomic E-state index is 12.6. The molecule has 1 aromatic rings. The quantitative estimate of drug-likeness (QED) is 0.678. The molecule has 0 aromatic heterocycles. The van der Waals surface area contributed by atoms with Crippen molar-refractivity contribution in [1.82, 2.24) is 0 Å². The van der Waals surface area contributed by atoms with Crippen LogP contribution in [0.2, 0.25) is 5.02 Å². The number of aromatic carboxylic acids is 1. The standard InChI is InChI=1S/C15H19ClO6S2/c1-3-21-12(22-4-2)8-23-13-7-10-11(24(13,19)20)6-5-9(14(10)16)15(17)18/h5-6,12-13H,3-4,7-8H2,1-2H3,(H,17,18). The van der Waals surface area contributed by atoms with Gasteiger partial charge in [-0.15, -0.1) is 11.8 Å². The van der Waals surface area contributed by atoms with Gasteiger partial charge >= 0.3 is 5.97 Å². The monoisotopic (exact) mass is 394 g/mol. The Labute approximate surface area is 150 Å². The van der Waals surface area contributed by atoms with Gasteiger partial charge in [-0.2, -0.15) is 0 Å². The lowest BCUT2D eigenvalue weighted by Gasteiger charge is -2.18. The largest absolute Gasteiger partial charge is 0.478 e. The first-order chi connectivity index (χ1) is 11.3. The second kappa shape index (κ2) is 8.05. The van der Waals surface area contributed by atoms with Gasteiger partial charge in [0.1, 0.15) is 4.58 Å². The SMILES string of the molecule is CCOC(CSC1Cc2c(ccc(C(=O)O)c2Cl)S1(=O)=O)OCC. The first kappa shape index (κ1) is 19.5. The summed E-state index contributed by atoms with van der Waals surface area (Å²) in [5.41, 5.74) is 0.288. The van der Waals surface area contributed by atoms with Crippen molar-refractivity contribution in [3.05, 3.63) is 28.3 Å². The molecule has 0 saturated heterocycles. The van der Waals surface area contributed by atoms with Crippen molar-refractivity contribution in [3.8, 4) is 0 Å². The van der Waals surface area contributed by atoms with E-state index in [0.717, 1.165) is 0 Å². The fraction of sp³-hybridized carbons (Fsp3) is 0.533. The van der Waals surface area contributed by atoms with E-state index in [2.05, 4.69) is 0 Å². The lowest BCUT2D eigenvalue weighted by atomic mass is 10.1. The molecule has 0 fully saturated rings. The summed E-state index contributed by atoms with van der Waals surface area (Å²) in [4.78, 5) is 11.3. The van der Waals surface area contributed by atoms with E-state index in [0.29, 0.717) is 24.5 Å². The Kier molecular flexibility index (Phi) is 6.55. The van der Waals surface area contributed by atoms with Crippen molar-refractivity contribution in [1.29, 1.82) is 0 Å². The van der Waals surface area contributed by atoms with Gasteiger partial charge < -0.3 is 14.6 Å². The van der Waals surface area contributed by atoms with Crippen LogP contribution in [0.1, 0.15) is 29.8 Å². The van der Waals surface area contributed by atoms with E-state index >= 15 is 0 Å². The highest BCUT2D eigenvalue weighted by molar-refractivity contribution is 8.13. The molecule has 0 saturated carbocycles. The lowest BCUT2D eigenvalue weighted by Crippen LogP contribution is -2.23. The summed E-state index contributed by atoms with van der Waals surface area (Å²) < 4.78 is 35.4. The van der Waals surface area contributed by atoms with Crippen LogP contribution >= 0.6 is 23.4 Å². The number of benzene rings is 1. The number of hydrogen-bond donors (Lipinski definition) is 1. The van der Waals surface area contributed by atoms with Crippen LogP contribution in [0, 0.1) is 0 Å². The van der Waals surface area contributed by atoms with Crippen LogP contribution in [0.15, 0.2) is 17.0 Å². The Hall–Kier alpha value is -0.800. The van der Waals surface area contributed by atoms with Gasteiger partial charge in [-0.3, -0.25) is 0 Å². The third kappa shape index (κ3) is 3.88. The molecule has 1 aliphatic rings. The fourth-order valence-corrected chi connectivity index (χ4v) is 6.44. The second-order valence-corrected chi connectivity index (χ2v) is 9.07. The Balaban J connectivity index is 2.20. The number of rotatable bonds is 8. The van der Waals surface area contributed by atoms with Crippen LogP contribution < -0.4 is 0 Å². The summed E-state index contributed by atoms with van der Waals surface area (Å²) in [6.07, 6.45) is -0.304. The molecular weight excluding hydrogens is 376 g/mol. The Morgan fingerprint density at radius 2 is 2.00 bits per heavy atom. The summed E-state index contributed by atoms with van der Waals surface area (Å²) in [6.45, 7) is 4.62. The van der Waals surface area contributed by atoms with Gasteiger partial charge in [0.15, 0.2) is 16.1 Å². The molecule has 0 amide bonds. The number of carboxylic acid groups (broad SMARTS) is 1. The topological polar surface area (TPSA) is 89.9 Å². The van der Waals surface area contributed by atoms with Crippen molar-refractivity contribution in [3.63, 3.8) is 0 Å². The van der Waals surface area contributed by atoms with Crippen LogP contribution in [0.25, 0.3) is 0 Å². The predicted molar refractivity (Wildman–Crippen MR) is 92.6 cm³/mol. The minimum absolute atomic E-state index is 0.00200. The van der Waals surface area contributed by atoms with Gasteiger partial charge in [0, 0.05) is 25.4 Å². The van der Waals surface area contributed by atoms with Crippen LogP contribution in [0.4, 0.5) is 0 Å². The molecule has 0 spiro atoms. The van der Waals surface area contributed by atoms with Gasteiger partial charge in [0.05, 0.1) is 15.5 Å². The van der Waals surface area contributed by atoms with E-state index in [-0.39, 0.29) is 21.9 Å². The maximum absolute atomic E-state index is 12.6. The number of fused-ring (bicyclic) bond motifs is 1. The first-order valence-electron chi connectivity index (χ1n) is 7.46. The van der Waals surface area contributed by atoms with Crippen molar-refractivity contribution >= 4 is 39.2 Å².